The van der Waals surface area contributed by atoms with E-state index in [1.54, 1.807) is 13.0 Å². The number of rotatable bonds is 8. The molecule has 0 aliphatic rings. The van der Waals surface area contributed by atoms with Crippen LogP contribution in [0.25, 0.3) is 15.9 Å². The van der Waals surface area contributed by atoms with Gasteiger partial charge >= 0.3 is 0 Å². The molecule has 0 bridgehead atoms. The highest BCUT2D eigenvalue weighted by atomic mass is 32.2. The molecule has 0 fully saturated rings. The standard InChI is InChI=1S/C25H22N4O4S2/c1-3-16-4-7-19(8-5-16)32-13-23(30)27-17-6-9-20-21(11-17)35-25(28-20)34-14-18-12-24(31)29-22(26-18)10-15(2)33-29/h4-12H,3,13-14H2,1-2H3,(H,27,30). The molecular formula is C25H22N4O4S2. The van der Waals surface area contributed by atoms with Gasteiger partial charge in [0, 0.05) is 23.6 Å². The molecule has 0 saturated heterocycles. The van der Waals surface area contributed by atoms with Gasteiger partial charge in [0.15, 0.2) is 16.6 Å². The van der Waals surface area contributed by atoms with E-state index < -0.39 is 0 Å². The molecule has 1 amide bonds. The highest BCUT2D eigenvalue weighted by molar-refractivity contribution is 8.00. The minimum atomic E-state index is -0.245. The Labute approximate surface area is 208 Å². The van der Waals surface area contributed by atoms with Gasteiger partial charge in [0.05, 0.1) is 15.9 Å². The van der Waals surface area contributed by atoms with E-state index in [1.807, 2.05) is 42.5 Å². The zero-order valence-corrected chi connectivity index (χ0v) is 20.7. The minimum Gasteiger partial charge on any atom is -0.484 e. The van der Waals surface area contributed by atoms with E-state index in [-0.39, 0.29) is 18.1 Å². The highest BCUT2D eigenvalue weighted by Gasteiger charge is 2.11. The van der Waals surface area contributed by atoms with Crippen molar-refractivity contribution in [3.63, 3.8) is 0 Å². The Morgan fingerprint density at radius 1 is 1.14 bits per heavy atom. The SMILES string of the molecule is CCc1ccc(OCC(=O)Nc2ccc3nc(SCc4cc(=O)n5oc(C)cc5n4)sc3c2)cc1. The number of hydrogen-bond donors (Lipinski definition) is 1. The Kier molecular flexibility index (Phi) is 6.56. The van der Waals surface area contributed by atoms with Crippen LogP contribution < -0.4 is 15.6 Å². The normalized spacial score (nSPS) is 11.3. The lowest BCUT2D eigenvalue weighted by Crippen LogP contribution is -2.20. The summed E-state index contributed by atoms with van der Waals surface area (Å²) in [4.78, 5) is 33.7. The molecule has 0 aliphatic carbocycles. The molecule has 10 heteroatoms. The van der Waals surface area contributed by atoms with Crippen LogP contribution in [0.1, 0.15) is 23.9 Å². The van der Waals surface area contributed by atoms with Gasteiger partial charge in [0.25, 0.3) is 11.5 Å². The van der Waals surface area contributed by atoms with Gasteiger partial charge in [-0.05, 0) is 49.2 Å². The first-order chi connectivity index (χ1) is 17.0. The smallest absolute Gasteiger partial charge is 0.287 e. The fraction of sp³-hybridized carbons (Fsp3) is 0.200. The topological polar surface area (TPSA) is 98.7 Å². The number of thiazole rings is 1. The first kappa shape index (κ1) is 23.1. The van der Waals surface area contributed by atoms with Crippen molar-refractivity contribution in [1.29, 1.82) is 0 Å². The maximum atomic E-state index is 12.3. The van der Waals surface area contributed by atoms with Crippen LogP contribution in [0.3, 0.4) is 0 Å². The third-order valence-electron chi connectivity index (χ3n) is 5.22. The average molecular weight is 507 g/mol. The van der Waals surface area contributed by atoms with Crippen molar-refractivity contribution in [2.45, 2.75) is 30.4 Å². The first-order valence-electron chi connectivity index (χ1n) is 11.0. The second-order valence-corrected chi connectivity index (χ2v) is 10.1. The molecule has 1 N–H and O–H groups in total. The number of carbonyl (C=O) groups is 1. The molecule has 3 aromatic heterocycles. The van der Waals surface area contributed by atoms with Crippen molar-refractivity contribution in [1.82, 2.24) is 14.5 Å². The van der Waals surface area contributed by atoms with Gasteiger partial charge in [0.2, 0.25) is 0 Å². The average Bonchev–Trinajstić information content (AvgIpc) is 3.44. The molecule has 0 aliphatic heterocycles. The van der Waals surface area contributed by atoms with Crippen molar-refractivity contribution < 1.29 is 14.1 Å². The lowest BCUT2D eigenvalue weighted by atomic mass is 10.2. The van der Waals surface area contributed by atoms with Crippen molar-refractivity contribution in [3.05, 3.63) is 82.0 Å². The lowest BCUT2D eigenvalue weighted by Gasteiger charge is -2.08. The molecule has 0 atom stereocenters. The second kappa shape index (κ2) is 9.93. The number of ether oxygens (including phenoxy) is 1. The van der Waals surface area contributed by atoms with E-state index in [9.17, 15) is 9.59 Å². The molecule has 178 valence electrons. The number of nitrogens with one attached hydrogen (secondary N) is 1. The predicted octanol–water partition coefficient (Wildman–Crippen LogP) is 5.08. The summed E-state index contributed by atoms with van der Waals surface area (Å²) in [5.41, 5.74) is 3.66. The number of amides is 1. The van der Waals surface area contributed by atoms with Gasteiger partial charge in [-0.3, -0.25) is 9.59 Å². The monoisotopic (exact) mass is 506 g/mol. The molecule has 0 spiro atoms. The van der Waals surface area contributed by atoms with Crippen LogP contribution >= 0.6 is 23.1 Å². The van der Waals surface area contributed by atoms with E-state index in [1.165, 1.54) is 39.3 Å². The van der Waals surface area contributed by atoms with Gasteiger partial charge in [-0.2, -0.15) is 0 Å². The molecule has 5 aromatic rings. The Morgan fingerprint density at radius 2 is 1.97 bits per heavy atom. The molecule has 8 nitrogen and oxygen atoms in total. The van der Waals surface area contributed by atoms with E-state index in [0.717, 1.165) is 21.0 Å². The van der Waals surface area contributed by atoms with E-state index in [4.69, 9.17) is 9.26 Å². The first-order valence-corrected chi connectivity index (χ1v) is 12.8. The van der Waals surface area contributed by atoms with Gasteiger partial charge in [-0.15, -0.1) is 15.9 Å². The Bertz CT molecular complexity index is 1570. The third kappa shape index (κ3) is 5.39. The van der Waals surface area contributed by atoms with E-state index in [0.29, 0.717) is 34.3 Å². The fourth-order valence-corrected chi connectivity index (χ4v) is 5.49. The molecule has 0 saturated carbocycles. The molecule has 35 heavy (non-hydrogen) atoms. The molecule has 5 rings (SSSR count). The lowest BCUT2D eigenvalue weighted by molar-refractivity contribution is -0.118. The molecular weight excluding hydrogens is 484 g/mol. The summed E-state index contributed by atoms with van der Waals surface area (Å²) in [5.74, 6) is 1.57. The van der Waals surface area contributed by atoms with Crippen LogP contribution in [0, 0.1) is 6.92 Å². The summed E-state index contributed by atoms with van der Waals surface area (Å²) in [6.45, 7) is 3.80. The van der Waals surface area contributed by atoms with E-state index in [2.05, 4.69) is 22.2 Å². The second-order valence-electron chi connectivity index (χ2n) is 7.87. The Hall–Kier alpha value is -3.63. The van der Waals surface area contributed by atoms with Gasteiger partial charge in [-0.1, -0.05) is 30.8 Å². The van der Waals surface area contributed by atoms with Crippen LogP contribution in [0.4, 0.5) is 5.69 Å². The van der Waals surface area contributed by atoms with E-state index >= 15 is 0 Å². The zero-order chi connectivity index (χ0) is 24.4. The molecule has 0 unspecified atom stereocenters. The summed E-state index contributed by atoms with van der Waals surface area (Å²) < 4.78 is 13.9. The van der Waals surface area contributed by atoms with Crippen LogP contribution in [-0.2, 0) is 17.0 Å². The Morgan fingerprint density at radius 3 is 2.77 bits per heavy atom. The van der Waals surface area contributed by atoms with Crippen LogP contribution in [0.2, 0.25) is 0 Å². The number of anilines is 1. The summed E-state index contributed by atoms with van der Waals surface area (Å²) in [6.07, 6.45) is 0.957. The number of benzene rings is 2. The van der Waals surface area contributed by atoms with Crippen molar-refractivity contribution in [3.8, 4) is 5.75 Å². The van der Waals surface area contributed by atoms with Crippen LogP contribution in [0.5, 0.6) is 5.75 Å². The number of carbonyl (C=O) groups excluding carboxylic acids is 1. The summed E-state index contributed by atoms with van der Waals surface area (Å²) in [6, 6.07) is 16.5. The van der Waals surface area contributed by atoms with Gasteiger partial charge < -0.3 is 14.6 Å². The number of aromatic nitrogens is 3. The molecule has 3 heterocycles. The van der Waals surface area contributed by atoms with Crippen molar-refractivity contribution in [2.24, 2.45) is 0 Å². The third-order valence-corrected chi connectivity index (χ3v) is 7.42. The quantitative estimate of drug-likeness (QED) is 0.293. The highest BCUT2D eigenvalue weighted by Crippen LogP contribution is 2.32. The van der Waals surface area contributed by atoms with Crippen molar-refractivity contribution >= 4 is 50.6 Å². The molecule has 2 aromatic carbocycles. The minimum absolute atomic E-state index is 0.0686. The predicted molar refractivity (Wildman–Crippen MR) is 138 cm³/mol. The summed E-state index contributed by atoms with van der Waals surface area (Å²) in [5, 5.41) is 2.87. The number of nitrogens with zero attached hydrogens (tertiary/aromatic N) is 3. The largest absolute Gasteiger partial charge is 0.484 e. The molecule has 0 radical (unpaired) electrons. The van der Waals surface area contributed by atoms with Crippen LogP contribution in [0.15, 0.2) is 68.3 Å². The van der Waals surface area contributed by atoms with Gasteiger partial charge in [0.1, 0.15) is 11.5 Å². The van der Waals surface area contributed by atoms with Crippen LogP contribution in [-0.4, -0.2) is 27.1 Å². The zero-order valence-electron chi connectivity index (χ0n) is 19.1. The Balaban J connectivity index is 1.21. The number of hydrogen-bond acceptors (Lipinski definition) is 8. The fourth-order valence-electron chi connectivity index (χ4n) is 3.49. The number of thioether (sulfide) groups is 1. The summed E-state index contributed by atoms with van der Waals surface area (Å²) >= 11 is 3.03. The van der Waals surface area contributed by atoms with Gasteiger partial charge in [-0.25, -0.2) is 9.97 Å². The number of fused-ring (bicyclic) bond motifs is 2. The van der Waals surface area contributed by atoms with Crippen molar-refractivity contribution in [2.75, 3.05) is 11.9 Å². The maximum absolute atomic E-state index is 12.3. The number of aryl methyl sites for hydroxylation is 2. The summed E-state index contributed by atoms with van der Waals surface area (Å²) in [7, 11) is 0. The maximum Gasteiger partial charge on any atom is 0.287 e.